The number of anilines is 1. The fourth-order valence-electron chi connectivity index (χ4n) is 3.94. The molecule has 0 radical (unpaired) electrons. The van der Waals surface area contributed by atoms with Crippen molar-refractivity contribution in [1.82, 2.24) is 0 Å². The number of hydrogen-bond donors (Lipinski definition) is 1. The molecule has 1 aliphatic carbocycles. The first-order valence-corrected chi connectivity index (χ1v) is 8.39. The normalized spacial score (nSPS) is 24.0. The van der Waals surface area contributed by atoms with Crippen molar-refractivity contribution in [3.8, 4) is 0 Å². The van der Waals surface area contributed by atoms with Crippen LogP contribution >= 0.6 is 0 Å². The van der Waals surface area contributed by atoms with Crippen molar-refractivity contribution in [2.75, 3.05) is 12.4 Å². The zero-order chi connectivity index (χ0) is 16.7. The van der Waals surface area contributed by atoms with Gasteiger partial charge in [0.2, 0.25) is 0 Å². The first-order valence-electron chi connectivity index (χ1n) is 8.39. The Labute approximate surface area is 142 Å². The molecule has 0 aromatic heterocycles. The first-order chi connectivity index (χ1) is 11.7. The molecule has 1 N–H and O–H groups in total. The molecule has 0 amide bonds. The lowest BCUT2D eigenvalue weighted by molar-refractivity contribution is 0.0600. The van der Waals surface area contributed by atoms with E-state index < -0.39 is 0 Å². The molecule has 122 valence electrons. The van der Waals surface area contributed by atoms with Crippen molar-refractivity contribution in [2.24, 2.45) is 5.92 Å². The van der Waals surface area contributed by atoms with E-state index >= 15 is 0 Å². The maximum atomic E-state index is 11.8. The summed E-state index contributed by atoms with van der Waals surface area (Å²) in [7, 11) is 1.42. The number of esters is 1. The summed E-state index contributed by atoms with van der Waals surface area (Å²) in [6.45, 7) is 2.11. The standard InChI is InChI=1S/C21H21NO2/c1-13-6-8-14(9-7-13)20-17-5-3-4-16(17)18-12-15(21(23)24-2)10-11-19(18)22-20/h3-4,6-12,16-17,20,22H,5H2,1-2H3. The van der Waals surface area contributed by atoms with Gasteiger partial charge >= 0.3 is 5.97 Å². The second kappa shape index (κ2) is 5.82. The van der Waals surface area contributed by atoms with Gasteiger partial charge in [0, 0.05) is 11.6 Å². The monoisotopic (exact) mass is 319 g/mol. The van der Waals surface area contributed by atoms with Crippen LogP contribution in [-0.2, 0) is 4.74 Å². The number of fused-ring (bicyclic) bond motifs is 3. The average Bonchev–Trinajstić information content (AvgIpc) is 3.11. The number of nitrogens with one attached hydrogen (secondary N) is 1. The van der Waals surface area contributed by atoms with Gasteiger partial charge < -0.3 is 10.1 Å². The lowest BCUT2D eigenvalue weighted by atomic mass is 9.76. The smallest absolute Gasteiger partial charge is 0.337 e. The fourth-order valence-corrected chi connectivity index (χ4v) is 3.94. The van der Waals surface area contributed by atoms with E-state index in [4.69, 9.17) is 4.74 Å². The van der Waals surface area contributed by atoms with Crippen molar-refractivity contribution in [3.05, 3.63) is 76.9 Å². The van der Waals surface area contributed by atoms with Gasteiger partial charge in [0.05, 0.1) is 18.7 Å². The van der Waals surface area contributed by atoms with Gasteiger partial charge in [-0.3, -0.25) is 0 Å². The van der Waals surface area contributed by atoms with Crippen molar-refractivity contribution >= 4 is 11.7 Å². The van der Waals surface area contributed by atoms with Crippen molar-refractivity contribution in [3.63, 3.8) is 0 Å². The van der Waals surface area contributed by atoms with Crippen LogP contribution in [0.3, 0.4) is 0 Å². The molecule has 2 aromatic carbocycles. The lowest BCUT2D eigenvalue weighted by Crippen LogP contribution is -2.29. The van der Waals surface area contributed by atoms with Crippen LogP contribution in [0, 0.1) is 12.8 Å². The van der Waals surface area contributed by atoms with Crippen LogP contribution in [-0.4, -0.2) is 13.1 Å². The summed E-state index contributed by atoms with van der Waals surface area (Å²) in [4.78, 5) is 11.8. The molecule has 0 saturated heterocycles. The van der Waals surface area contributed by atoms with Crippen LogP contribution in [0.2, 0.25) is 0 Å². The van der Waals surface area contributed by atoms with E-state index in [1.807, 2.05) is 18.2 Å². The topological polar surface area (TPSA) is 38.3 Å². The molecular weight excluding hydrogens is 298 g/mol. The Morgan fingerprint density at radius 2 is 1.96 bits per heavy atom. The molecule has 3 nitrogen and oxygen atoms in total. The number of carbonyl (C=O) groups is 1. The molecule has 3 unspecified atom stereocenters. The molecule has 4 rings (SSSR count). The summed E-state index contributed by atoms with van der Waals surface area (Å²) in [6.07, 6.45) is 5.60. The largest absolute Gasteiger partial charge is 0.465 e. The number of rotatable bonds is 2. The zero-order valence-corrected chi connectivity index (χ0v) is 14.0. The molecule has 2 aromatic rings. The molecular formula is C21H21NO2. The van der Waals surface area contributed by atoms with E-state index in [1.54, 1.807) is 0 Å². The number of methoxy groups -OCH3 is 1. The van der Waals surface area contributed by atoms with Gasteiger partial charge in [-0.1, -0.05) is 42.0 Å². The van der Waals surface area contributed by atoms with E-state index in [1.165, 1.54) is 23.8 Å². The van der Waals surface area contributed by atoms with Crippen molar-refractivity contribution in [1.29, 1.82) is 0 Å². The summed E-state index contributed by atoms with van der Waals surface area (Å²) in [5.74, 6) is 0.544. The summed E-state index contributed by atoms with van der Waals surface area (Å²) < 4.78 is 4.86. The molecule has 0 bridgehead atoms. The van der Waals surface area contributed by atoms with Gasteiger partial charge in [-0.05, 0) is 48.6 Å². The summed E-state index contributed by atoms with van der Waals surface area (Å²) in [6, 6.07) is 14.9. The highest BCUT2D eigenvalue weighted by Gasteiger charge is 2.38. The molecule has 2 aliphatic rings. The summed E-state index contributed by atoms with van der Waals surface area (Å²) in [5.41, 5.74) is 5.52. The lowest BCUT2D eigenvalue weighted by Gasteiger charge is -2.37. The number of allylic oxidation sites excluding steroid dienone is 2. The first kappa shape index (κ1) is 15.0. The van der Waals surface area contributed by atoms with Crippen LogP contribution < -0.4 is 5.32 Å². The van der Waals surface area contributed by atoms with Crippen LogP contribution in [0.5, 0.6) is 0 Å². The van der Waals surface area contributed by atoms with Gasteiger partial charge in [-0.15, -0.1) is 0 Å². The van der Waals surface area contributed by atoms with Gasteiger partial charge in [0.1, 0.15) is 0 Å². The Balaban J connectivity index is 1.74. The van der Waals surface area contributed by atoms with Gasteiger partial charge in [0.15, 0.2) is 0 Å². The zero-order valence-electron chi connectivity index (χ0n) is 14.0. The highest BCUT2D eigenvalue weighted by atomic mass is 16.5. The van der Waals surface area contributed by atoms with Crippen molar-refractivity contribution in [2.45, 2.75) is 25.3 Å². The minimum Gasteiger partial charge on any atom is -0.465 e. The highest BCUT2D eigenvalue weighted by Crippen LogP contribution is 2.49. The van der Waals surface area contributed by atoms with Gasteiger partial charge in [-0.25, -0.2) is 4.79 Å². The molecule has 24 heavy (non-hydrogen) atoms. The molecule has 1 aliphatic heterocycles. The summed E-state index contributed by atoms with van der Waals surface area (Å²) in [5, 5.41) is 3.70. The fraction of sp³-hybridized carbons (Fsp3) is 0.286. The molecule has 0 spiro atoms. The number of benzene rings is 2. The third-order valence-corrected chi connectivity index (χ3v) is 5.22. The number of hydrogen-bond acceptors (Lipinski definition) is 3. The van der Waals surface area contributed by atoms with E-state index in [0.29, 0.717) is 23.4 Å². The van der Waals surface area contributed by atoms with Crippen LogP contribution in [0.4, 0.5) is 5.69 Å². The number of aryl methyl sites for hydroxylation is 1. The predicted molar refractivity (Wildman–Crippen MR) is 95.3 cm³/mol. The third kappa shape index (κ3) is 2.41. The van der Waals surface area contributed by atoms with Crippen molar-refractivity contribution < 1.29 is 9.53 Å². The second-order valence-electron chi connectivity index (χ2n) is 6.68. The van der Waals surface area contributed by atoms with Crippen LogP contribution in [0.15, 0.2) is 54.6 Å². The second-order valence-corrected chi connectivity index (χ2v) is 6.68. The predicted octanol–water partition coefficient (Wildman–Crippen LogP) is 4.61. The van der Waals surface area contributed by atoms with E-state index in [2.05, 4.69) is 48.7 Å². The van der Waals surface area contributed by atoms with Crippen LogP contribution in [0.25, 0.3) is 0 Å². The summed E-state index contributed by atoms with van der Waals surface area (Å²) >= 11 is 0. The molecule has 0 fully saturated rings. The number of ether oxygens (including phenoxy) is 1. The Hall–Kier alpha value is -2.55. The van der Waals surface area contributed by atoms with E-state index in [0.717, 1.165) is 12.1 Å². The SMILES string of the molecule is COC(=O)c1ccc2c(c1)C1C=CCC1C(c1ccc(C)cc1)N2. The third-order valence-electron chi connectivity index (χ3n) is 5.22. The van der Waals surface area contributed by atoms with E-state index in [-0.39, 0.29) is 5.97 Å². The van der Waals surface area contributed by atoms with Crippen LogP contribution in [0.1, 0.15) is 45.4 Å². The minimum absolute atomic E-state index is 0.281. The maximum Gasteiger partial charge on any atom is 0.337 e. The quantitative estimate of drug-likeness (QED) is 0.649. The highest BCUT2D eigenvalue weighted by molar-refractivity contribution is 5.90. The molecule has 1 heterocycles. The molecule has 0 saturated carbocycles. The van der Waals surface area contributed by atoms with E-state index in [9.17, 15) is 4.79 Å². The molecule has 3 atom stereocenters. The Kier molecular flexibility index (Phi) is 3.64. The maximum absolute atomic E-state index is 11.8. The number of carbonyl (C=O) groups excluding carboxylic acids is 1. The minimum atomic E-state index is -0.281. The average molecular weight is 319 g/mol. The van der Waals surface area contributed by atoms with Gasteiger partial charge in [0.25, 0.3) is 0 Å². The molecule has 3 heteroatoms. The van der Waals surface area contributed by atoms with Gasteiger partial charge in [-0.2, -0.15) is 0 Å². The Morgan fingerprint density at radius 1 is 1.17 bits per heavy atom. The Bertz CT molecular complexity index is 807. The Morgan fingerprint density at radius 3 is 2.71 bits per heavy atom.